The molecular formula is C55H32N4OS. The van der Waals surface area contributed by atoms with Gasteiger partial charge in [-0.15, -0.1) is 11.3 Å². The molecule has 0 atom stereocenters. The van der Waals surface area contributed by atoms with Gasteiger partial charge < -0.3 is 8.98 Å². The Bertz CT molecular complexity index is 3900. The second kappa shape index (κ2) is 13.3. The second-order valence-electron chi connectivity index (χ2n) is 15.5. The zero-order valence-corrected chi connectivity index (χ0v) is 33.4. The molecule has 5 nitrogen and oxygen atoms in total. The first kappa shape index (κ1) is 34.0. The van der Waals surface area contributed by atoms with Crippen molar-refractivity contribution in [3.8, 4) is 51.0 Å². The first-order valence-electron chi connectivity index (χ1n) is 20.4. The highest BCUT2D eigenvalue weighted by Crippen LogP contribution is 2.45. The molecule has 0 aliphatic rings. The molecule has 0 saturated carbocycles. The Morgan fingerprint density at radius 3 is 1.92 bits per heavy atom. The van der Waals surface area contributed by atoms with Crippen molar-refractivity contribution >= 4 is 86.0 Å². The predicted octanol–water partition coefficient (Wildman–Crippen LogP) is 15.1. The van der Waals surface area contributed by atoms with Crippen LogP contribution in [0.3, 0.4) is 0 Å². The largest absolute Gasteiger partial charge is 0.455 e. The van der Waals surface area contributed by atoms with E-state index < -0.39 is 0 Å². The van der Waals surface area contributed by atoms with Crippen molar-refractivity contribution < 1.29 is 4.42 Å². The number of hydrogen-bond donors (Lipinski definition) is 0. The van der Waals surface area contributed by atoms with Crippen LogP contribution in [0, 0.1) is 0 Å². The molecule has 6 heteroatoms. The zero-order chi connectivity index (χ0) is 40.0. The molecule has 0 fully saturated rings. The summed E-state index contributed by atoms with van der Waals surface area (Å²) in [5.41, 5.74) is 9.85. The average Bonchev–Trinajstić information content (AvgIpc) is 4.00. The molecule has 4 heterocycles. The number of hydrogen-bond acceptors (Lipinski definition) is 5. The third-order valence-electron chi connectivity index (χ3n) is 12.0. The Morgan fingerprint density at radius 2 is 1.05 bits per heavy atom. The molecule has 0 saturated heterocycles. The number of furan rings is 1. The minimum absolute atomic E-state index is 0.556. The van der Waals surface area contributed by atoms with Crippen molar-refractivity contribution in [3.63, 3.8) is 0 Å². The molecule has 0 aliphatic carbocycles. The Labute approximate surface area is 353 Å². The van der Waals surface area contributed by atoms with Crippen molar-refractivity contribution in [1.82, 2.24) is 19.5 Å². The Morgan fingerprint density at radius 1 is 0.393 bits per heavy atom. The maximum absolute atomic E-state index is 6.52. The van der Waals surface area contributed by atoms with E-state index in [1.807, 2.05) is 65.9 Å². The Hall–Kier alpha value is -7.93. The van der Waals surface area contributed by atoms with Crippen LogP contribution in [-0.2, 0) is 0 Å². The summed E-state index contributed by atoms with van der Waals surface area (Å²) >= 11 is 1.84. The van der Waals surface area contributed by atoms with E-state index in [1.165, 1.54) is 41.7 Å². The Balaban J connectivity index is 1.11. The van der Waals surface area contributed by atoms with Crippen LogP contribution in [0.4, 0.5) is 0 Å². The topological polar surface area (TPSA) is 56.7 Å². The summed E-state index contributed by atoms with van der Waals surface area (Å²) in [5.74, 6) is 1.74. The van der Waals surface area contributed by atoms with Crippen molar-refractivity contribution in [1.29, 1.82) is 0 Å². The summed E-state index contributed by atoms with van der Waals surface area (Å²) in [4.78, 5) is 15.6. The van der Waals surface area contributed by atoms with Gasteiger partial charge >= 0.3 is 0 Å². The predicted molar refractivity (Wildman–Crippen MR) is 254 cm³/mol. The van der Waals surface area contributed by atoms with Crippen LogP contribution in [0.25, 0.3) is 126 Å². The quantitative estimate of drug-likeness (QED) is 0.174. The van der Waals surface area contributed by atoms with Crippen LogP contribution in [0.1, 0.15) is 0 Å². The minimum atomic E-state index is 0.556. The third-order valence-corrected chi connectivity index (χ3v) is 13.3. The normalized spacial score (nSPS) is 11.9. The van der Waals surface area contributed by atoms with Crippen molar-refractivity contribution in [3.05, 3.63) is 194 Å². The van der Waals surface area contributed by atoms with E-state index >= 15 is 0 Å². The molecule has 284 valence electrons. The van der Waals surface area contributed by atoms with E-state index in [1.54, 1.807) is 0 Å². The molecule has 0 spiro atoms. The molecule has 0 N–H and O–H groups in total. The van der Waals surface area contributed by atoms with E-state index in [4.69, 9.17) is 19.4 Å². The summed E-state index contributed by atoms with van der Waals surface area (Å²) in [7, 11) is 0. The number of para-hydroxylation sites is 3. The summed E-state index contributed by atoms with van der Waals surface area (Å²) in [6, 6.07) is 68.7. The van der Waals surface area contributed by atoms with Crippen molar-refractivity contribution in [2.75, 3.05) is 0 Å². The van der Waals surface area contributed by atoms with Crippen molar-refractivity contribution in [2.45, 2.75) is 0 Å². The number of benzene rings is 9. The summed E-state index contributed by atoms with van der Waals surface area (Å²) in [6.07, 6.45) is 0. The van der Waals surface area contributed by atoms with E-state index in [2.05, 4.69) is 144 Å². The molecule has 0 radical (unpaired) electrons. The average molecular weight is 797 g/mol. The van der Waals surface area contributed by atoms with E-state index in [0.717, 1.165) is 66.5 Å². The van der Waals surface area contributed by atoms with Gasteiger partial charge in [-0.1, -0.05) is 140 Å². The highest BCUT2D eigenvalue weighted by Gasteiger charge is 2.22. The zero-order valence-electron chi connectivity index (χ0n) is 32.6. The van der Waals surface area contributed by atoms with Gasteiger partial charge in [-0.2, -0.15) is 0 Å². The highest BCUT2D eigenvalue weighted by atomic mass is 32.1. The number of nitrogens with zero attached hydrogens (tertiary/aromatic N) is 4. The highest BCUT2D eigenvalue weighted by molar-refractivity contribution is 7.26. The van der Waals surface area contributed by atoms with Gasteiger partial charge in [-0.05, 0) is 65.4 Å². The standard InChI is InChI=1S/C55H32N4OS/c1-2-14-33(15-3-1)53-56-54(58-55(57-53)43-24-12-21-40-38-19-7-10-26-49(38)60-51(40)43)36-28-29-47(45(31-36)42-23-13-22-41-39-20-8-11-27-50(39)61-52(41)42)59-46-25-9-6-18-37(46)44-30-34-16-4-5-17-35(34)32-48(44)59/h1-32H. The Kier molecular flexibility index (Phi) is 7.41. The third kappa shape index (κ3) is 5.29. The van der Waals surface area contributed by atoms with Crippen LogP contribution in [0.2, 0.25) is 0 Å². The molecule has 4 aromatic heterocycles. The number of aromatic nitrogens is 4. The minimum Gasteiger partial charge on any atom is -0.455 e. The second-order valence-corrected chi connectivity index (χ2v) is 16.6. The van der Waals surface area contributed by atoms with Gasteiger partial charge in [-0.3, -0.25) is 0 Å². The molecule has 13 rings (SSSR count). The molecular weight excluding hydrogens is 765 g/mol. The van der Waals surface area contributed by atoms with Gasteiger partial charge in [0, 0.05) is 64.0 Å². The fourth-order valence-electron chi connectivity index (χ4n) is 9.22. The lowest BCUT2D eigenvalue weighted by molar-refractivity contribution is 0.669. The van der Waals surface area contributed by atoms with E-state index in [9.17, 15) is 0 Å². The molecule has 0 amide bonds. The van der Waals surface area contributed by atoms with Crippen LogP contribution in [0.5, 0.6) is 0 Å². The lowest BCUT2D eigenvalue weighted by Crippen LogP contribution is -2.02. The molecule has 0 bridgehead atoms. The van der Waals surface area contributed by atoms with Gasteiger partial charge in [0.1, 0.15) is 11.2 Å². The first-order valence-corrected chi connectivity index (χ1v) is 21.2. The van der Waals surface area contributed by atoms with E-state index in [-0.39, 0.29) is 0 Å². The fourth-order valence-corrected chi connectivity index (χ4v) is 10.5. The number of thiophene rings is 1. The molecule has 0 aliphatic heterocycles. The van der Waals surface area contributed by atoms with Gasteiger partial charge in [0.25, 0.3) is 0 Å². The number of fused-ring (bicyclic) bond motifs is 10. The summed E-state index contributed by atoms with van der Waals surface area (Å²) in [6.45, 7) is 0. The molecule has 9 aromatic carbocycles. The number of rotatable bonds is 5. The van der Waals surface area contributed by atoms with Gasteiger partial charge in [0.15, 0.2) is 17.5 Å². The lowest BCUT2D eigenvalue weighted by Gasteiger charge is -2.17. The fraction of sp³-hybridized carbons (Fsp3) is 0. The monoisotopic (exact) mass is 796 g/mol. The lowest BCUT2D eigenvalue weighted by atomic mass is 9.98. The van der Waals surface area contributed by atoms with Crippen LogP contribution >= 0.6 is 11.3 Å². The maximum atomic E-state index is 6.52. The van der Waals surface area contributed by atoms with Gasteiger partial charge in [0.05, 0.1) is 22.3 Å². The molecule has 61 heavy (non-hydrogen) atoms. The van der Waals surface area contributed by atoms with E-state index in [0.29, 0.717) is 17.5 Å². The maximum Gasteiger partial charge on any atom is 0.167 e. The van der Waals surface area contributed by atoms with Crippen LogP contribution < -0.4 is 0 Å². The summed E-state index contributed by atoms with van der Waals surface area (Å²) in [5, 5.41) is 9.46. The SMILES string of the molecule is c1ccc(-c2nc(-c3ccc(-n4c5ccccc5c5cc6ccccc6cc54)c(-c4cccc5c4sc4ccccc45)c3)nc(-c3cccc4c3oc3ccccc34)n2)cc1. The smallest absolute Gasteiger partial charge is 0.167 e. The summed E-state index contributed by atoms with van der Waals surface area (Å²) < 4.78 is 11.5. The first-order chi connectivity index (χ1) is 30.2. The molecule has 0 unspecified atom stereocenters. The van der Waals surface area contributed by atoms with Crippen LogP contribution in [-0.4, -0.2) is 19.5 Å². The van der Waals surface area contributed by atoms with Gasteiger partial charge in [-0.25, -0.2) is 15.0 Å². The molecule has 13 aromatic rings. The van der Waals surface area contributed by atoms with Crippen LogP contribution in [0.15, 0.2) is 199 Å². The van der Waals surface area contributed by atoms with Crippen molar-refractivity contribution in [2.24, 2.45) is 0 Å². The van der Waals surface area contributed by atoms with Gasteiger partial charge in [0.2, 0.25) is 0 Å².